The fourth-order valence-corrected chi connectivity index (χ4v) is 3.32. The Hall–Kier alpha value is -2.53. The molecule has 1 aliphatic rings. The number of hydrogen-bond acceptors (Lipinski definition) is 3. The number of carbonyl (C=O) groups excluding carboxylic acids is 2. The SMILES string of the molecule is Cc1ccc(C(=O)N2CCN(c3c(Cl)cccc3NC=O)CC2)cc1. The zero-order chi connectivity index (χ0) is 17.8. The van der Waals surface area contributed by atoms with Gasteiger partial charge in [-0.3, -0.25) is 9.59 Å². The number of para-hydroxylation sites is 1. The molecule has 0 atom stereocenters. The summed E-state index contributed by atoms with van der Waals surface area (Å²) in [6.07, 6.45) is 0.645. The summed E-state index contributed by atoms with van der Waals surface area (Å²) in [6, 6.07) is 13.1. The molecular weight excluding hydrogens is 338 g/mol. The molecule has 1 N–H and O–H groups in total. The van der Waals surface area contributed by atoms with E-state index in [-0.39, 0.29) is 5.91 Å². The average molecular weight is 358 g/mol. The predicted octanol–water partition coefficient (Wildman–Crippen LogP) is 3.18. The van der Waals surface area contributed by atoms with Crippen LogP contribution in [0, 0.1) is 6.92 Å². The average Bonchev–Trinajstić information content (AvgIpc) is 2.62. The number of hydrogen-bond donors (Lipinski definition) is 1. The largest absolute Gasteiger partial charge is 0.365 e. The molecule has 0 aliphatic carbocycles. The molecule has 0 unspecified atom stereocenters. The van der Waals surface area contributed by atoms with Gasteiger partial charge in [0.15, 0.2) is 0 Å². The van der Waals surface area contributed by atoms with E-state index >= 15 is 0 Å². The summed E-state index contributed by atoms with van der Waals surface area (Å²) in [4.78, 5) is 27.4. The third-order valence-electron chi connectivity index (χ3n) is 4.38. The monoisotopic (exact) mass is 357 g/mol. The lowest BCUT2D eigenvalue weighted by Gasteiger charge is -2.37. The molecule has 6 heteroatoms. The standard InChI is InChI=1S/C19H20ClN3O2/c1-14-5-7-15(8-6-14)19(25)23-11-9-22(10-12-23)18-16(20)3-2-4-17(18)21-13-24/h2-8,13H,9-12H2,1H3,(H,21,24). The lowest BCUT2D eigenvalue weighted by molar-refractivity contribution is -0.105. The van der Waals surface area contributed by atoms with E-state index in [9.17, 15) is 9.59 Å². The Kier molecular flexibility index (Phi) is 5.24. The molecule has 2 aromatic carbocycles. The molecule has 3 rings (SSSR count). The molecule has 25 heavy (non-hydrogen) atoms. The van der Waals surface area contributed by atoms with E-state index in [4.69, 9.17) is 11.6 Å². The van der Waals surface area contributed by atoms with Crippen molar-refractivity contribution in [3.05, 3.63) is 58.6 Å². The van der Waals surface area contributed by atoms with Crippen LogP contribution in [-0.4, -0.2) is 43.4 Å². The van der Waals surface area contributed by atoms with Crippen LogP contribution in [0.2, 0.25) is 5.02 Å². The first-order valence-corrected chi connectivity index (χ1v) is 8.57. The molecule has 1 saturated heterocycles. The molecule has 130 valence electrons. The minimum Gasteiger partial charge on any atom is -0.365 e. The normalized spacial score (nSPS) is 14.3. The number of nitrogens with one attached hydrogen (secondary N) is 1. The highest BCUT2D eigenvalue weighted by molar-refractivity contribution is 6.34. The Bertz CT molecular complexity index is 769. The number of carbonyl (C=O) groups is 2. The molecule has 2 amide bonds. The first-order valence-electron chi connectivity index (χ1n) is 8.19. The summed E-state index contributed by atoms with van der Waals surface area (Å²) in [5.41, 5.74) is 3.33. The Labute approximate surface area is 152 Å². The van der Waals surface area contributed by atoms with Gasteiger partial charge in [0.25, 0.3) is 5.91 Å². The molecule has 1 heterocycles. The summed E-state index contributed by atoms with van der Waals surface area (Å²) >= 11 is 6.33. The number of amides is 2. The molecule has 0 bridgehead atoms. The Balaban J connectivity index is 1.71. The zero-order valence-electron chi connectivity index (χ0n) is 14.0. The van der Waals surface area contributed by atoms with Crippen LogP contribution >= 0.6 is 11.6 Å². The van der Waals surface area contributed by atoms with Crippen molar-refractivity contribution in [3.63, 3.8) is 0 Å². The molecular formula is C19H20ClN3O2. The molecule has 0 aromatic heterocycles. The summed E-state index contributed by atoms with van der Waals surface area (Å²) in [5, 5.41) is 3.28. The van der Waals surface area contributed by atoms with Gasteiger partial charge in [-0.2, -0.15) is 0 Å². The first kappa shape index (κ1) is 17.3. The summed E-state index contributed by atoms with van der Waals surface area (Å²) in [7, 11) is 0. The van der Waals surface area contributed by atoms with Gasteiger partial charge in [-0.05, 0) is 31.2 Å². The second-order valence-electron chi connectivity index (χ2n) is 6.04. The lowest BCUT2D eigenvalue weighted by atomic mass is 10.1. The minimum absolute atomic E-state index is 0.0463. The van der Waals surface area contributed by atoms with Gasteiger partial charge in [0.2, 0.25) is 6.41 Å². The van der Waals surface area contributed by atoms with Crippen LogP contribution in [0.5, 0.6) is 0 Å². The summed E-state index contributed by atoms with van der Waals surface area (Å²) in [5.74, 6) is 0.0463. The molecule has 5 nitrogen and oxygen atoms in total. The number of nitrogens with zero attached hydrogens (tertiary/aromatic N) is 2. The second-order valence-corrected chi connectivity index (χ2v) is 6.45. The van der Waals surface area contributed by atoms with Crippen molar-refractivity contribution < 1.29 is 9.59 Å². The molecule has 0 radical (unpaired) electrons. The highest BCUT2D eigenvalue weighted by atomic mass is 35.5. The maximum absolute atomic E-state index is 12.6. The molecule has 0 spiro atoms. The highest BCUT2D eigenvalue weighted by Gasteiger charge is 2.24. The third-order valence-corrected chi connectivity index (χ3v) is 4.69. The number of rotatable bonds is 4. The van der Waals surface area contributed by atoms with Crippen LogP contribution in [0.1, 0.15) is 15.9 Å². The van der Waals surface area contributed by atoms with Crippen molar-refractivity contribution in [2.24, 2.45) is 0 Å². The number of piperazine rings is 1. The van der Waals surface area contributed by atoms with Crippen molar-refractivity contribution in [3.8, 4) is 0 Å². The molecule has 1 aliphatic heterocycles. The quantitative estimate of drug-likeness (QED) is 0.855. The fourth-order valence-electron chi connectivity index (χ4n) is 3.03. The predicted molar refractivity (Wildman–Crippen MR) is 100 cm³/mol. The fraction of sp³-hybridized carbons (Fsp3) is 0.263. The maximum atomic E-state index is 12.6. The Morgan fingerprint density at radius 2 is 1.76 bits per heavy atom. The van der Waals surface area contributed by atoms with E-state index in [2.05, 4.69) is 10.2 Å². The van der Waals surface area contributed by atoms with Crippen LogP contribution in [0.15, 0.2) is 42.5 Å². The topological polar surface area (TPSA) is 52.7 Å². The van der Waals surface area contributed by atoms with Gasteiger partial charge in [0.1, 0.15) is 0 Å². The van der Waals surface area contributed by atoms with E-state index in [0.29, 0.717) is 48.9 Å². The second kappa shape index (κ2) is 7.57. The lowest BCUT2D eigenvalue weighted by Crippen LogP contribution is -2.49. The van der Waals surface area contributed by atoms with Crippen molar-refractivity contribution in [1.82, 2.24) is 4.90 Å². The van der Waals surface area contributed by atoms with Crippen molar-refractivity contribution >= 4 is 35.3 Å². The van der Waals surface area contributed by atoms with Crippen LogP contribution < -0.4 is 10.2 Å². The number of anilines is 2. The number of benzene rings is 2. The highest BCUT2D eigenvalue weighted by Crippen LogP contribution is 2.34. The van der Waals surface area contributed by atoms with Crippen LogP contribution in [0.4, 0.5) is 11.4 Å². The number of halogens is 1. The molecule has 2 aromatic rings. The van der Waals surface area contributed by atoms with Gasteiger partial charge in [-0.25, -0.2) is 0 Å². The minimum atomic E-state index is 0.0463. The van der Waals surface area contributed by atoms with Crippen LogP contribution in [0.25, 0.3) is 0 Å². The summed E-state index contributed by atoms with van der Waals surface area (Å²) < 4.78 is 0. The Morgan fingerprint density at radius 1 is 1.08 bits per heavy atom. The van der Waals surface area contributed by atoms with Gasteiger partial charge in [-0.1, -0.05) is 35.4 Å². The van der Waals surface area contributed by atoms with Gasteiger partial charge in [-0.15, -0.1) is 0 Å². The van der Waals surface area contributed by atoms with Gasteiger partial charge in [0.05, 0.1) is 16.4 Å². The van der Waals surface area contributed by atoms with E-state index in [1.165, 1.54) is 0 Å². The van der Waals surface area contributed by atoms with E-state index in [1.54, 1.807) is 12.1 Å². The van der Waals surface area contributed by atoms with Crippen molar-refractivity contribution in [1.29, 1.82) is 0 Å². The maximum Gasteiger partial charge on any atom is 0.253 e. The van der Waals surface area contributed by atoms with E-state index < -0.39 is 0 Å². The van der Waals surface area contributed by atoms with E-state index in [1.807, 2.05) is 42.2 Å². The third kappa shape index (κ3) is 3.77. The number of aryl methyl sites for hydroxylation is 1. The molecule has 0 saturated carbocycles. The van der Waals surface area contributed by atoms with E-state index in [0.717, 1.165) is 11.3 Å². The summed E-state index contributed by atoms with van der Waals surface area (Å²) in [6.45, 7) is 4.54. The Morgan fingerprint density at radius 3 is 2.40 bits per heavy atom. The first-order chi connectivity index (χ1) is 12.1. The van der Waals surface area contributed by atoms with Gasteiger partial charge < -0.3 is 15.1 Å². The van der Waals surface area contributed by atoms with Gasteiger partial charge in [0, 0.05) is 31.7 Å². The smallest absolute Gasteiger partial charge is 0.253 e. The zero-order valence-corrected chi connectivity index (χ0v) is 14.8. The van der Waals surface area contributed by atoms with Crippen LogP contribution in [-0.2, 0) is 4.79 Å². The van der Waals surface area contributed by atoms with Crippen molar-refractivity contribution in [2.45, 2.75) is 6.92 Å². The molecule has 1 fully saturated rings. The van der Waals surface area contributed by atoms with Crippen molar-refractivity contribution in [2.75, 3.05) is 36.4 Å². The van der Waals surface area contributed by atoms with Gasteiger partial charge >= 0.3 is 0 Å². The van der Waals surface area contributed by atoms with Crippen LogP contribution in [0.3, 0.4) is 0 Å².